The molecule has 3 rings (SSSR count). The fraction of sp³-hybridized carbons (Fsp3) is 0.417. The van der Waals surface area contributed by atoms with Crippen LogP contribution in [0.1, 0.15) is 36.7 Å². The minimum atomic E-state index is -3.58. The Morgan fingerprint density at radius 3 is 2.45 bits per heavy atom. The van der Waals surface area contributed by atoms with Crippen molar-refractivity contribution in [3.05, 3.63) is 59.7 Å². The number of sulfonamides is 1. The Hall–Kier alpha value is -2.20. The molecule has 9 heteroatoms. The number of ketones is 1. The monoisotopic (exact) mass is 491 g/mol. The maximum atomic E-state index is 12.9. The van der Waals surface area contributed by atoms with Crippen molar-refractivity contribution in [2.75, 3.05) is 32.9 Å². The third-order valence-electron chi connectivity index (χ3n) is 5.18. The molecular formula is C24H29NO6S2. The standard InChI is InChI=1S/C24H29NO6S2/c1-24(2,3)22(26)16-31-23(27)20-9-4-5-10-21(20)32-17-18-7-6-8-19(15-18)33(28,29)25-11-13-30-14-12-25/h4-10,15H,11-14,16-17H2,1-3H3. The minimum absolute atomic E-state index is 0.153. The number of carbonyl (C=O) groups excluding carboxylic acids is 2. The second-order valence-electron chi connectivity index (χ2n) is 8.70. The van der Waals surface area contributed by atoms with Crippen LogP contribution in [-0.2, 0) is 30.0 Å². The van der Waals surface area contributed by atoms with E-state index in [1.54, 1.807) is 57.2 Å². The number of esters is 1. The second-order valence-corrected chi connectivity index (χ2v) is 11.7. The summed E-state index contributed by atoms with van der Waals surface area (Å²) in [5.41, 5.74) is 0.614. The van der Waals surface area contributed by atoms with E-state index in [1.807, 2.05) is 12.1 Å². The second kappa shape index (κ2) is 10.8. The molecule has 0 atom stereocenters. The molecule has 1 aliphatic heterocycles. The van der Waals surface area contributed by atoms with E-state index in [0.717, 1.165) is 5.56 Å². The molecular weight excluding hydrogens is 462 g/mol. The Kier molecular flexibility index (Phi) is 8.33. The molecule has 33 heavy (non-hydrogen) atoms. The number of Topliss-reactive ketones (excluding diaryl/α,β-unsaturated/α-hetero) is 1. The first-order valence-corrected chi connectivity index (χ1v) is 13.1. The van der Waals surface area contributed by atoms with Gasteiger partial charge < -0.3 is 9.47 Å². The van der Waals surface area contributed by atoms with Crippen molar-refractivity contribution in [3.8, 4) is 0 Å². The van der Waals surface area contributed by atoms with E-state index in [2.05, 4.69) is 0 Å². The molecule has 1 aliphatic rings. The molecule has 0 spiro atoms. The van der Waals surface area contributed by atoms with Gasteiger partial charge in [-0.25, -0.2) is 13.2 Å². The highest BCUT2D eigenvalue weighted by Gasteiger charge is 2.26. The molecule has 1 fully saturated rings. The smallest absolute Gasteiger partial charge is 0.339 e. The van der Waals surface area contributed by atoms with Gasteiger partial charge in [-0.1, -0.05) is 45.0 Å². The van der Waals surface area contributed by atoms with E-state index < -0.39 is 21.4 Å². The summed E-state index contributed by atoms with van der Waals surface area (Å²) in [5, 5.41) is 0. The highest BCUT2D eigenvalue weighted by Crippen LogP contribution is 2.28. The van der Waals surface area contributed by atoms with Gasteiger partial charge in [0.15, 0.2) is 12.4 Å². The summed E-state index contributed by atoms with van der Waals surface area (Å²) < 4.78 is 37.8. The summed E-state index contributed by atoms with van der Waals surface area (Å²) in [7, 11) is -3.58. The van der Waals surface area contributed by atoms with Crippen molar-refractivity contribution >= 4 is 33.5 Å². The van der Waals surface area contributed by atoms with Crippen molar-refractivity contribution in [1.82, 2.24) is 4.31 Å². The van der Waals surface area contributed by atoms with Crippen LogP contribution in [0.2, 0.25) is 0 Å². The lowest BCUT2D eigenvalue weighted by Crippen LogP contribution is -2.40. The number of morpholine rings is 1. The largest absolute Gasteiger partial charge is 0.454 e. The van der Waals surface area contributed by atoms with Crippen LogP contribution in [-0.4, -0.2) is 57.4 Å². The average Bonchev–Trinajstić information content (AvgIpc) is 2.81. The van der Waals surface area contributed by atoms with E-state index in [4.69, 9.17) is 9.47 Å². The van der Waals surface area contributed by atoms with Crippen LogP contribution in [0.5, 0.6) is 0 Å². The van der Waals surface area contributed by atoms with E-state index in [1.165, 1.54) is 16.1 Å². The highest BCUT2D eigenvalue weighted by atomic mass is 32.2. The molecule has 0 N–H and O–H groups in total. The number of nitrogens with zero attached hydrogens (tertiary/aromatic N) is 1. The van der Waals surface area contributed by atoms with E-state index >= 15 is 0 Å². The Labute approximate surface area is 199 Å². The number of rotatable bonds is 8. The number of carbonyl (C=O) groups is 2. The third kappa shape index (κ3) is 6.66. The lowest BCUT2D eigenvalue weighted by molar-refractivity contribution is -0.129. The maximum Gasteiger partial charge on any atom is 0.339 e. The first kappa shape index (κ1) is 25.4. The number of hydrogen-bond donors (Lipinski definition) is 0. The Balaban J connectivity index is 1.69. The maximum absolute atomic E-state index is 12.9. The number of benzene rings is 2. The predicted octanol–water partition coefficient (Wildman–Crippen LogP) is 3.77. The normalized spacial score (nSPS) is 15.2. The number of thioether (sulfide) groups is 1. The van der Waals surface area contributed by atoms with Gasteiger partial charge in [0.1, 0.15) is 0 Å². The summed E-state index contributed by atoms with van der Waals surface area (Å²) in [6, 6.07) is 13.9. The van der Waals surface area contributed by atoms with Gasteiger partial charge in [0.25, 0.3) is 0 Å². The van der Waals surface area contributed by atoms with Gasteiger partial charge >= 0.3 is 5.97 Å². The summed E-state index contributed by atoms with van der Waals surface area (Å²) in [5.74, 6) is -0.240. The predicted molar refractivity (Wildman–Crippen MR) is 127 cm³/mol. The molecule has 0 saturated carbocycles. The van der Waals surface area contributed by atoms with Crippen LogP contribution < -0.4 is 0 Å². The van der Waals surface area contributed by atoms with Crippen molar-refractivity contribution in [3.63, 3.8) is 0 Å². The Morgan fingerprint density at radius 1 is 1.06 bits per heavy atom. The van der Waals surface area contributed by atoms with Crippen molar-refractivity contribution in [2.45, 2.75) is 36.3 Å². The highest BCUT2D eigenvalue weighted by molar-refractivity contribution is 7.98. The topological polar surface area (TPSA) is 90.0 Å². The molecule has 0 aromatic heterocycles. The van der Waals surface area contributed by atoms with E-state index in [0.29, 0.717) is 42.5 Å². The van der Waals surface area contributed by atoms with Gasteiger partial charge in [0, 0.05) is 29.2 Å². The average molecular weight is 492 g/mol. The summed E-state index contributed by atoms with van der Waals surface area (Å²) in [6.45, 7) is 6.53. The van der Waals surface area contributed by atoms with Gasteiger partial charge in [0.2, 0.25) is 10.0 Å². The van der Waals surface area contributed by atoms with Crippen molar-refractivity contribution < 1.29 is 27.5 Å². The van der Waals surface area contributed by atoms with Gasteiger partial charge in [-0.05, 0) is 29.8 Å². The lowest BCUT2D eigenvalue weighted by atomic mass is 9.91. The molecule has 2 aromatic carbocycles. The lowest BCUT2D eigenvalue weighted by Gasteiger charge is -2.26. The van der Waals surface area contributed by atoms with Crippen molar-refractivity contribution in [1.29, 1.82) is 0 Å². The zero-order valence-corrected chi connectivity index (χ0v) is 20.7. The fourth-order valence-electron chi connectivity index (χ4n) is 3.08. The molecule has 1 saturated heterocycles. The molecule has 2 aromatic rings. The zero-order valence-electron chi connectivity index (χ0n) is 19.1. The van der Waals surface area contributed by atoms with Gasteiger partial charge in [-0.15, -0.1) is 11.8 Å². The molecule has 0 radical (unpaired) electrons. The van der Waals surface area contributed by atoms with Crippen molar-refractivity contribution in [2.24, 2.45) is 5.41 Å². The number of ether oxygens (including phenoxy) is 2. The summed E-state index contributed by atoms with van der Waals surface area (Å²) >= 11 is 1.41. The van der Waals surface area contributed by atoms with Gasteiger partial charge in [-0.3, -0.25) is 4.79 Å². The molecule has 0 unspecified atom stereocenters. The minimum Gasteiger partial charge on any atom is -0.454 e. The molecule has 0 amide bonds. The van der Waals surface area contributed by atoms with Gasteiger partial charge in [-0.2, -0.15) is 4.31 Å². The Bertz CT molecular complexity index is 1100. The molecule has 178 valence electrons. The first-order chi connectivity index (χ1) is 15.6. The SMILES string of the molecule is CC(C)(C)C(=O)COC(=O)c1ccccc1SCc1cccc(S(=O)(=O)N2CCOCC2)c1. The summed E-state index contributed by atoms with van der Waals surface area (Å²) in [4.78, 5) is 25.6. The Morgan fingerprint density at radius 2 is 1.76 bits per heavy atom. The number of hydrogen-bond acceptors (Lipinski definition) is 7. The third-order valence-corrected chi connectivity index (χ3v) is 8.22. The van der Waals surface area contributed by atoms with Crippen LogP contribution in [0, 0.1) is 5.41 Å². The van der Waals surface area contributed by atoms with E-state index in [-0.39, 0.29) is 17.3 Å². The fourth-order valence-corrected chi connectivity index (χ4v) is 5.54. The van der Waals surface area contributed by atoms with Crippen LogP contribution in [0.25, 0.3) is 0 Å². The van der Waals surface area contributed by atoms with Crippen LogP contribution >= 0.6 is 11.8 Å². The summed E-state index contributed by atoms with van der Waals surface area (Å²) in [6.07, 6.45) is 0. The van der Waals surface area contributed by atoms with Gasteiger partial charge in [0.05, 0.1) is 23.7 Å². The first-order valence-electron chi connectivity index (χ1n) is 10.7. The molecule has 1 heterocycles. The quantitative estimate of drug-likeness (QED) is 0.410. The van der Waals surface area contributed by atoms with Crippen LogP contribution in [0.15, 0.2) is 58.3 Å². The molecule has 7 nitrogen and oxygen atoms in total. The molecule has 0 aliphatic carbocycles. The van der Waals surface area contributed by atoms with Crippen LogP contribution in [0.4, 0.5) is 0 Å². The zero-order chi connectivity index (χ0) is 24.1. The van der Waals surface area contributed by atoms with E-state index in [9.17, 15) is 18.0 Å². The molecule has 0 bridgehead atoms. The van der Waals surface area contributed by atoms with Crippen LogP contribution in [0.3, 0.4) is 0 Å².